The van der Waals surface area contributed by atoms with Gasteiger partial charge in [-0.3, -0.25) is 14.3 Å². The molecule has 2 aromatic carbocycles. The molecule has 33 heavy (non-hydrogen) atoms. The first-order valence-corrected chi connectivity index (χ1v) is 12.1. The normalized spacial score (nSPS) is 10.9. The first kappa shape index (κ1) is 22.8. The summed E-state index contributed by atoms with van der Waals surface area (Å²) in [6.45, 7) is 5.88. The summed E-state index contributed by atoms with van der Waals surface area (Å²) in [5, 5.41) is 15.1. The van der Waals surface area contributed by atoms with Gasteiger partial charge in [-0.1, -0.05) is 59.5 Å². The van der Waals surface area contributed by atoms with Gasteiger partial charge in [-0.05, 0) is 44.0 Å². The van der Waals surface area contributed by atoms with Crippen LogP contribution >= 0.6 is 23.1 Å². The second kappa shape index (κ2) is 9.63. The van der Waals surface area contributed by atoms with E-state index in [-0.39, 0.29) is 22.9 Å². The highest BCUT2D eigenvalue weighted by atomic mass is 32.2. The minimum atomic E-state index is -0.273. The highest BCUT2D eigenvalue weighted by Gasteiger charge is 2.18. The monoisotopic (exact) mass is 480 g/mol. The van der Waals surface area contributed by atoms with E-state index in [1.54, 1.807) is 18.7 Å². The van der Waals surface area contributed by atoms with Crippen LogP contribution in [0.15, 0.2) is 57.7 Å². The quantitative estimate of drug-likeness (QED) is 0.380. The van der Waals surface area contributed by atoms with Gasteiger partial charge in [0.25, 0.3) is 5.56 Å². The predicted octanol–water partition coefficient (Wildman–Crippen LogP) is 4.43. The molecule has 0 saturated carbocycles. The van der Waals surface area contributed by atoms with Crippen molar-refractivity contribution >= 4 is 45.5 Å². The van der Waals surface area contributed by atoms with E-state index >= 15 is 0 Å². The van der Waals surface area contributed by atoms with E-state index < -0.39 is 0 Å². The van der Waals surface area contributed by atoms with Gasteiger partial charge >= 0.3 is 0 Å². The molecule has 170 valence electrons. The van der Waals surface area contributed by atoms with Crippen molar-refractivity contribution in [3.63, 3.8) is 0 Å². The lowest BCUT2D eigenvalue weighted by atomic mass is 10.1. The molecule has 4 rings (SSSR count). The molecular formula is C23H24N6O2S2. The third-order valence-corrected chi connectivity index (χ3v) is 7.24. The molecule has 0 radical (unpaired) electrons. The minimum Gasteiger partial charge on any atom is -0.330 e. The van der Waals surface area contributed by atoms with Crippen molar-refractivity contribution in [3.8, 4) is 5.69 Å². The Labute approximate surface area is 199 Å². The molecule has 0 aliphatic rings. The lowest BCUT2D eigenvalue weighted by Gasteiger charge is -2.09. The zero-order valence-corrected chi connectivity index (χ0v) is 20.4. The lowest BCUT2D eigenvalue weighted by molar-refractivity contribution is -0.113. The summed E-state index contributed by atoms with van der Waals surface area (Å²) >= 11 is 2.67. The Morgan fingerprint density at radius 2 is 1.70 bits per heavy atom. The van der Waals surface area contributed by atoms with E-state index in [0.29, 0.717) is 15.2 Å². The van der Waals surface area contributed by atoms with Crippen LogP contribution in [-0.2, 0) is 11.8 Å². The van der Waals surface area contributed by atoms with Crippen LogP contribution in [0.5, 0.6) is 0 Å². The summed E-state index contributed by atoms with van der Waals surface area (Å²) in [6, 6.07) is 15.4. The molecule has 0 aliphatic heterocycles. The van der Waals surface area contributed by atoms with Crippen LogP contribution in [0.1, 0.15) is 16.8 Å². The lowest BCUT2D eigenvalue weighted by Crippen LogP contribution is -2.23. The number of aromatic nitrogens is 4. The Balaban J connectivity index is 1.41. The number of carbonyl (C=O) groups is 1. The van der Waals surface area contributed by atoms with Crippen LogP contribution < -0.4 is 16.2 Å². The van der Waals surface area contributed by atoms with Gasteiger partial charge in [0.05, 0.1) is 17.1 Å². The standard InChI is InChI=1S/C23H24N6O2S2/c1-14-9-8-10-15(2)19(14)25-22-26-27-23(33-22)32-13-18(30)24-20-16(3)28(4)29(21(20)31)17-11-6-5-7-12-17/h5-12H,13H2,1-4H3,(H,24,30)(H,25,26). The maximum absolute atomic E-state index is 12.9. The molecule has 2 heterocycles. The molecule has 2 aromatic heterocycles. The van der Waals surface area contributed by atoms with Gasteiger partial charge in [0.15, 0.2) is 4.34 Å². The number of thioether (sulfide) groups is 1. The average molecular weight is 481 g/mol. The highest BCUT2D eigenvalue weighted by Crippen LogP contribution is 2.30. The van der Waals surface area contributed by atoms with E-state index in [1.165, 1.54) is 27.8 Å². The van der Waals surface area contributed by atoms with Crippen LogP contribution in [0.4, 0.5) is 16.5 Å². The molecule has 10 heteroatoms. The average Bonchev–Trinajstić information content (AvgIpc) is 3.33. The Bertz CT molecular complexity index is 1340. The summed E-state index contributed by atoms with van der Waals surface area (Å²) < 4.78 is 3.94. The van der Waals surface area contributed by atoms with E-state index in [2.05, 4.69) is 20.8 Å². The molecule has 1 amide bonds. The Morgan fingerprint density at radius 1 is 1.00 bits per heavy atom. The maximum atomic E-state index is 12.9. The Morgan fingerprint density at radius 3 is 2.39 bits per heavy atom. The fourth-order valence-electron chi connectivity index (χ4n) is 3.45. The van der Waals surface area contributed by atoms with E-state index in [0.717, 1.165) is 22.5 Å². The van der Waals surface area contributed by atoms with Gasteiger partial charge in [0.1, 0.15) is 5.69 Å². The van der Waals surface area contributed by atoms with Crippen molar-refractivity contribution in [2.45, 2.75) is 25.1 Å². The number of benzene rings is 2. The van der Waals surface area contributed by atoms with E-state index in [1.807, 2.05) is 62.4 Å². The number of aryl methyl sites for hydroxylation is 2. The fraction of sp³-hybridized carbons (Fsp3) is 0.217. The molecular weight excluding hydrogens is 456 g/mol. The molecule has 0 saturated heterocycles. The van der Waals surface area contributed by atoms with E-state index in [4.69, 9.17) is 0 Å². The molecule has 0 unspecified atom stereocenters. The molecule has 0 aliphatic carbocycles. The number of rotatable bonds is 7. The first-order chi connectivity index (χ1) is 15.8. The topological polar surface area (TPSA) is 93.8 Å². The van der Waals surface area contributed by atoms with Crippen LogP contribution in [0.3, 0.4) is 0 Å². The third kappa shape index (κ3) is 4.86. The fourth-order valence-corrected chi connectivity index (χ4v) is 5.01. The number of amides is 1. The first-order valence-electron chi connectivity index (χ1n) is 10.3. The van der Waals surface area contributed by atoms with Crippen LogP contribution in [0, 0.1) is 20.8 Å². The molecule has 4 aromatic rings. The van der Waals surface area contributed by atoms with E-state index in [9.17, 15) is 9.59 Å². The van der Waals surface area contributed by atoms with Gasteiger partial charge in [-0.2, -0.15) is 0 Å². The van der Waals surface area contributed by atoms with Crippen molar-refractivity contribution in [3.05, 3.63) is 75.7 Å². The smallest absolute Gasteiger partial charge is 0.295 e. The number of hydrogen-bond donors (Lipinski definition) is 2. The largest absolute Gasteiger partial charge is 0.330 e. The van der Waals surface area contributed by atoms with Crippen molar-refractivity contribution in [1.29, 1.82) is 0 Å². The number of carbonyl (C=O) groups excluding carboxylic acids is 1. The molecule has 2 N–H and O–H groups in total. The highest BCUT2D eigenvalue weighted by molar-refractivity contribution is 8.01. The zero-order chi connectivity index (χ0) is 23.5. The number of para-hydroxylation sites is 2. The van der Waals surface area contributed by atoms with Crippen LogP contribution in [-0.4, -0.2) is 31.2 Å². The number of nitrogens with one attached hydrogen (secondary N) is 2. The zero-order valence-electron chi connectivity index (χ0n) is 18.7. The molecule has 0 atom stereocenters. The summed E-state index contributed by atoms with van der Waals surface area (Å²) in [7, 11) is 1.79. The summed E-state index contributed by atoms with van der Waals surface area (Å²) in [5.41, 5.74) is 4.68. The van der Waals surface area contributed by atoms with Gasteiger partial charge in [-0.25, -0.2) is 4.68 Å². The molecule has 0 bridgehead atoms. The van der Waals surface area contributed by atoms with Gasteiger partial charge in [0, 0.05) is 12.7 Å². The summed E-state index contributed by atoms with van der Waals surface area (Å²) in [5.74, 6) is -0.151. The second-order valence-corrected chi connectivity index (χ2v) is 9.74. The van der Waals surface area contributed by atoms with Crippen LogP contribution in [0.2, 0.25) is 0 Å². The molecule has 0 fully saturated rings. The molecule has 8 nitrogen and oxygen atoms in total. The third-order valence-electron chi connectivity index (χ3n) is 5.26. The minimum absolute atomic E-state index is 0.122. The Kier molecular flexibility index (Phi) is 6.66. The molecule has 0 spiro atoms. The second-order valence-electron chi connectivity index (χ2n) is 7.54. The van der Waals surface area contributed by atoms with Gasteiger partial charge in [0.2, 0.25) is 11.0 Å². The maximum Gasteiger partial charge on any atom is 0.295 e. The van der Waals surface area contributed by atoms with Crippen molar-refractivity contribution < 1.29 is 4.79 Å². The van der Waals surface area contributed by atoms with Gasteiger partial charge in [-0.15, -0.1) is 10.2 Å². The van der Waals surface area contributed by atoms with Crippen molar-refractivity contribution in [1.82, 2.24) is 19.6 Å². The van der Waals surface area contributed by atoms with Crippen molar-refractivity contribution in [2.24, 2.45) is 7.05 Å². The summed E-state index contributed by atoms with van der Waals surface area (Å²) in [6.07, 6.45) is 0. The predicted molar refractivity (Wildman–Crippen MR) is 134 cm³/mol. The number of hydrogen-bond acceptors (Lipinski definition) is 7. The van der Waals surface area contributed by atoms with Gasteiger partial charge < -0.3 is 10.6 Å². The number of anilines is 3. The van der Waals surface area contributed by atoms with Crippen molar-refractivity contribution in [2.75, 3.05) is 16.4 Å². The number of nitrogens with zero attached hydrogens (tertiary/aromatic N) is 4. The van der Waals surface area contributed by atoms with Crippen LogP contribution in [0.25, 0.3) is 5.69 Å². The SMILES string of the molecule is Cc1cccc(C)c1Nc1nnc(SCC(=O)Nc2c(C)n(C)n(-c3ccccc3)c2=O)s1. The summed E-state index contributed by atoms with van der Waals surface area (Å²) in [4.78, 5) is 25.5. The Hall–Kier alpha value is -3.37.